The lowest BCUT2D eigenvalue weighted by Gasteiger charge is -2.43. The van der Waals surface area contributed by atoms with Crippen LogP contribution in [0.1, 0.15) is 34.4 Å². The number of imidazole rings is 1. The second-order valence-electron chi connectivity index (χ2n) is 7.40. The van der Waals surface area contributed by atoms with Gasteiger partial charge in [-0.15, -0.1) is 24.8 Å². The molecule has 2 N–H and O–H groups in total. The van der Waals surface area contributed by atoms with Crippen LogP contribution in [-0.2, 0) is 0 Å². The minimum atomic E-state index is -0.137. The van der Waals surface area contributed by atoms with Gasteiger partial charge in [0.15, 0.2) is 0 Å². The summed E-state index contributed by atoms with van der Waals surface area (Å²) in [5.74, 6) is 0.572. The summed E-state index contributed by atoms with van der Waals surface area (Å²) in [4.78, 5) is 29.4. The summed E-state index contributed by atoms with van der Waals surface area (Å²) >= 11 is 0. The lowest BCUT2D eigenvalue weighted by atomic mass is 9.79. The van der Waals surface area contributed by atoms with E-state index in [-0.39, 0.29) is 42.3 Å². The van der Waals surface area contributed by atoms with Crippen molar-refractivity contribution in [3.8, 4) is 0 Å². The molecule has 0 saturated carbocycles. The minimum absolute atomic E-state index is 0. The Labute approximate surface area is 180 Å². The summed E-state index contributed by atoms with van der Waals surface area (Å²) in [5, 5.41) is 6.51. The van der Waals surface area contributed by atoms with Gasteiger partial charge in [0.05, 0.1) is 11.6 Å². The van der Waals surface area contributed by atoms with E-state index in [0.29, 0.717) is 23.9 Å². The standard InChI is InChI=1S/C20H21N5O2.2ClH/c26-19-3-1-2-16-14-8-15(10-21-9-14)17(25(16)19)11-23-20(27)13-4-5-18-22-6-7-24(18)12-13;;/h1-7,12,14-15,17,21H,8-11H2,(H,23,27);2*1H/t14-,15+,17+;;/m1../s1. The predicted octanol–water partition coefficient (Wildman–Crippen LogP) is 2.02. The number of nitrogens with one attached hydrogen (secondary N) is 2. The highest BCUT2D eigenvalue weighted by Gasteiger charge is 2.37. The number of rotatable bonds is 3. The maximum absolute atomic E-state index is 12.7. The van der Waals surface area contributed by atoms with Gasteiger partial charge in [-0.1, -0.05) is 6.07 Å². The van der Waals surface area contributed by atoms with E-state index in [1.807, 2.05) is 33.4 Å². The van der Waals surface area contributed by atoms with E-state index in [0.717, 1.165) is 30.9 Å². The van der Waals surface area contributed by atoms with Gasteiger partial charge >= 0.3 is 0 Å². The number of hydrogen-bond donors (Lipinski definition) is 2. The molecule has 5 rings (SSSR count). The Morgan fingerprint density at radius 1 is 1.21 bits per heavy atom. The number of hydrogen-bond acceptors (Lipinski definition) is 4. The van der Waals surface area contributed by atoms with Crippen molar-refractivity contribution in [2.45, 2.75) is 18.4 Å². The van der Waals surface area contributed by atoms with Crippen LogP contribution in [0.4, 0.5) is 0 Å². The smallest absolute Gasteiger partial charge is 0.252 e. The Morgan fingerprint density at radius 3 is 2.93 bits per heavy atom. The summed E-state index contributed by atoms with van der Waals surface area (Å²) in [5.41, 5.74) is 2.48. The maximum atomic E-state index is 12.7. The van der Waals surface area contributed by atoms with Crippen LogP contribution in [0.2, 0.25) is 0 Å². The normalized spacial score (nSPS) is 22.1. The average Bonchev–Trinajstić information content (AvgIpc) is 3.16. The van der Waals surface area contributed by atoms with Gasteiger partial charge in [-0.05, 0) is 30.5 Å². The van der Waals surface area contributed by atoms with Crippen molar-refractivity contribution in [2.24, 2.45) is 5.92 Å². The fraction of sp³-hybridized carbons (Fsp3) is 0.350. The second kappa shape index (κ2) is 8.57. The largest absolute Gasteiger partial charge is 0.350 e. The van der Waals surface area contributed by atoms with Crippen molar-refractivity contribution in [1.29, 1.82) is 0 Å². The first kappa shape index (κ1) is 21.4. The topological polar surface area (TPSA) is 80.4 Å². The van der Waals surface area contributed by atoms with Crippen LogP contribution >= 0.6 is 24.8 Å². The molecule has 0 aliphatic carbocycles. The van der Waals surface area contributed by atoms with Crippen LogP contribution in [0.15, 0.2) is 53.7 Å². The lowest BCUT2D eigenvalue weighted by Crippen LogP contribution is -2.50. The number of fused-ring (bicyclic) bond motifs is 5. The van der Waals surface area contributed by atoms with Crippen LogP contribution in [-0.4, -0.2) is 39.5 Å². The van der Waals surface area contributed by atoms with Gasteiger partial charge < -0.3 is 19.6 Å². The van der Waals surface area contributed by atoms with Crippen molar-refractivity contribution in [3.63, 3.8) is 0 Å². The van der Waals surface area contributed by atoms with E-state index in [1.165, 1.54) is 0 Å². The van der Waals surface area contributed by atoms with Crippen molar-refractivity contribution < 1.29 is 4.79 Å². The first-order valence-electron chi connectivity index (χ1n) is 9.34. The Balaban J connectivity index is 0.00000120. The third-order valence-corrected chi connectivity index (χ3v) is 5.82. The molecule has 0 radical (unpaired) electrons. The van der Waals surface area contributed by atoms with E-state index < -0.39 is 0 Å². The van der Waals surface area contributed by atoms with Crippen LogP contribution in [0.25, 0.3) is 5.65 Å². The molecule has 1 fully saturated rings. The highest BCUT2D eigenvalue weighted by atomic mass is 35.5. The zero-order valence-corrected chi connectivity index (χ0v) is 17.3. The molecule has 29 heavy (non-hydrogen) atoms. The highest BCUT2D eigenvalue weighted by molar-refractivity contribution is 5.94. The van der Waals surface area contributed by atoms with Gasteiger partial charge in [0, 0.05) is 55.9 Å². The van der Waals surface area contributed by atoms with E-state index in [4.69, 9.17) is 0 Å². The molecule has 2 aliphatic heterocycles. The molecule has 2 aliphatic rings. The number of carbonyl (C=O) groups excluding carboxylic acids is 1. The van der Waals surface area contributed by atoms with E-state index in [2.05, 4.69) is 15.6 Å². The fourth-order valence-electron chi connectivity index (χ4n) is 4.52. The maximum Gasteiger partial charge on any atom is 0.252 e. The number of amides is 1. The molecular weight excluding hydrogens is 413 g/mol. The van der Waals surface area contributed by atoms with Crippen LogP contribution in [0.3, 0.4) is 0 Å². The number of halogens is 2. The Bertz CT molecular complexity index is 1080. The van der Waals surface area contributed by atoms with Crippen molar-refractivity contribution in [3.05, 3.63) is 70.5 Å². The third kappa shape index (κ3) is 3.77. The lowest BCUT2D eigenvalue weighted by molar-refractivity contribution is 0.0931. The fourth-order valence-corrected chi connectivity index (χ4v) is 4.52. The zero-order valence-electron chi connectivity index (χ0n) is 15.7. The Kier molecular flexibility index (Phi) is 6.31. The molecule has 3 aromatic heterocycles. The van der Waals surface area contributed by atoms with Gasteiger partial charge in [0.2, 0.25) is 0 Å². The number of pyridine rings is 2. The van der Waals surface area contributed by atoms with E-state index >= 15 is 0 Å². The van der Waals surface area contributed by atoms with Crippen molar-refractivity contribution in [2.75, 3.05) is 19.6 Å². The highest BCUT2D eigenvalue weighted by Crippen LogP contribution is 2.38. The molecule has 7 nitrogen and oxygen atoms in total. The molecular formula is C20H23Cl2N5O2. The predicted molar refractivity (Wildman–Crippen MR) is 115 cm³/mol. The number of piperidine rings is 1. The van der Waals surface area contributed by atoms with Gasteiger partial charge in [0.25, 0.3) is 11.5 Å². The average molecular weight is 436 g/mol. The first-order valence-corrected chi connectivity index (χ1v) is 9.34. The SMILES string of the molecule is Cl.Cl.O=C(NC[C@H]1[C@@H]2CNC[C@@H](C2)c2cccc(=O)n21)c1ccc2nccn2c1. The van der Waals surface area contributed by atoms with Gasteiger partial charge in [-0.25, -0.2) is 4.98 Å². The van der Waals surface area contributed by atoms with Gasteiger partial charge in [0.1, 0.15) is 5.65 Å². The second-order valence-corrected chi connectivity index (χ2v) is 7.40. The third-order valence-electron chi connectivity index (χ3n) is 5.82. The Morgan fingerprint density at radius 2 is 2.07 bits per heavy atom. The molecule has 3 atom stereocenters. The summed E-state index contributed by atoms with van der Waals surface area (Å²) in [6.07, 6.45) is 6.35. The molecule has 154 valence electrons. The number of aromatic nitrogens is 3. The molecule has 1 saturated heterocycles. The number of nitrogens with zero attached hydrogens (tertiary/aromatic N) is 3. The van der Waals surface area contributed by atoms with Crippen molar-refractivity contribution >= 4 is 36.4 Å². The zero-order chi connectivity index (χ0) is 18.4. The molecule has 0 unspecified atom stereocenters. The summed E-state index contributed by atoms with van der Waals surface area (Å²) in [6.45, 7) is 2.22. The molecule has 0 aromatic carbocycles. The number of carbonyl (C=O) groups is 1. The first-order chi connectivity index (χ1) is 13.2. The van der Waals surface area contributed by atoms with Crippen LogP contribution in [0, 0.1) is 5.92 Å². The summed E-state index contributed by atoms with van der Waals surface area (Å²) in [7, 11) is 0. The molecule has 5 heterocycles. The molecule has 0 spiro atoms. The van der Waals surface area contributed by atoms with E-state index in [9.17, 15) is 9.59 Å². The molecule has 1 amide bonds. The Hall–Kier alpha value is -2.35. The monoisotopic (exact) mass is 435 g/mol. The summed E-state index contributed by atoms with van der Waals surface area (Å²) in [6, 6.07) is 9.05. The molecule has 3 aromatic rings. The quantitative estimate of drug-likeness (QED) is 0.659. The summed E-state index contributed by atoms with van der Waals surface area (Å²) < 4.78 is 3.73. The van der Waals surface area contributed by atoms with Crippen LogP contribution in [0.5, 0.6) is 0 Å². The van der Waals surface area contributed by atoms with Gasteiger partial charge in [-0.3, -0.25) is 9.59 Å². The van der Waals surface area contributed by atoms with Gasteiger partial charge in [-0.2, -0.15) is 0 Å². The van der Waals surface area contributed by atoms with E-state index in [1.54, 1.807) is 24.5 Å². The molecule has 2 bridgehead atoms. The molecule has 9 heteroatoms. The minimum Gasteiger partial charge on any atom is -0.350 e. The van der Waals surface area contributed by atoms with Crippen molar-refractivity contribution in [1.82, 2.24) is 24.6 Å². The van der Waals surface area contributed by atoms with Crippen LogP contribution < -0.4 is 16.2 Å².